The molecule has 0 bridgehead atoms. The van der Waals surface area contributed by atoms with Gasteiger partial charge in [-0.3, -0.25) is 9.59 Å². The maximum absolute atomic E-state index is 12.6. The Kier molecular flexibility index (Phi) is 3.53. The smallest absolute Gasteiger partial charge is 0.190 e. The fourth-order valence-electron chi connectivity index (χ4n) is 8.55. The predicted octanol–water partition coefficient (Wildman–Crippen LogP) is 2.27. The molecule has 1 aliphatic heterocycles. The van der Waals surface area contributed by atoms with Gasteiger partial charge in [0.15, 0.2) is 5.78 Å². The highest BCUT2D eigenvalue weighted by atomic mass is 16.6. The van der Waals surface area contributed by atoms with Crippen LogP contribution < -0.4 is 0 Å². The molecule has 2 N–H and O–H groups in total. The van der Waals surface area contributed by atoms with Crippen molar-refractivity contribution in [3.8, 4) is 0 Å². The van der Waals surface area contributed by atoms with Crippen LogP contribution >= 0.6 is 0 Å². The summed E-state index contributed by atoms with van der Waals surface area (Å²) < 4.78 is 6.52. The second-order valence-corrected chi connectivity index (χ2v) is 10.7. The molecule has 9 unspecified atom stereocenters. The summed E-state index contributed by atoms with van der Waals surface area (Å²) in [6.45, 7) is 5.75. The number of carbonyl (C=O) groups is 2. The summed E-state index contributed by atoms with van der Waals surface area (Å²) in [4.78, 5) is 24.7. The standard InChI is InChI=1S/C22H32O5/c1-12-8-16-15-5-4-13-9-14(24)6-7-19(13,2)22(15)18(27-22)10-20(16,3)21(12,26)17(25)11-23/h12-13,15-16,18,23,26H,4-11H2,1-3H3. The van der Waals surface area contributed by atoms with Gasteiger partial charge >= 0.3 is 0 Å². The maximum atomic E-state index is 12.6. The minimum Gasteiger partial charge on any atom is -0.388 e. The van der Waals surface area contributed by atoms with Gasteiger partial charge in [0, 0.05) is 23.7 Å². The molecule has 4 saturated carbocycles. The lowest BCUT2D eigenvalue weighted by molar-refractivity contribution is -0.170. The molecule has 1 heterocycles. The first kappa shape index (κ1) is 18.3. The molecule has 9 atom stereocenters. The summed E-state index contributed by atoms with van der Waals surface area (Å²) in [6, 6.07) is 0. The van der Waals surface area contributed by atoms with E-state index in [1.807, 2.05) is 6.92 Å². The van der Waals surface area contributed by atoms with Crippen LogP contribution in [0.15, 0.2) is 0 Å². The summed E-state index contributed by atoms with van der Waals surface area (Å²) in [7, 11) is 0. The molecule has 1 saturated heterocycles. The predicted molar refractivity (Wildman–Crippen MR) is 97.8 cm³/mol. The third-order valence-electron chi connectivity index (χ3n) is 10.00. The van der Waals surface area contributed by atoms with E-state index >= 15 is 0 Å². The van der Waals surface area contributed by atoms with Crippen LogP contribution in [0.1, 0.15) is 65.7 Å². The Morgan fingerprint density at radius 1 is 1.22 bits per heavy atom. The Labute approximate surface area is 160 Å². The average molecular weight is 376 g/mol. The van der Waals surface area contributed by atoms with Gasteiger partial charge in [-0.25, -0.2) is 0 Å². The molecule has 5 aliphatic rings. The van der Waals surface area contributed by atoms with Gasteiger partial charge in [0.2, 0.25) is 0 Å². The van der Waals surface area contributed by atoms with Gasteiger partial charge in [0.1, 0.15) is 23.6 Å². The fourth-order valence-corrected chi connectivity index (χ4v) is 8.55. The molecule has 0 radical (unpaired) electrons. The van der Waals surface area contributed by atoms with E-state index in [4.69, 9.17) is 4.74 Å². The molecule has 27 heavy (non-hydrogen) atoms. The molecule has 0 aromatic heterocycles. The summed E-state index contributed by atoms with van der Waals surface area (Å²) in [5.41, 5.74) is -2.16. The van der Waals surface area contributed by atoms with Crippen molar-refractivity contribution in [2.75, 3.05) is 6.61 Å². The molecule has 5 fully saturated rings. The van der Waals surface area contributed by atoms with Gasteiger partial charge in [-0.15, -0.1) is 0 Å². The number of carbonyl (C=O) groups excluding carboxylic acids is 2. The number of rotatable bonds is 2. The lowest BCUT2D eigenvalue weighted by Crippen LogP contribution is -2.64. The van der Waals surface area contributed by atoms with Gasteiger partial charge in [-0.05, 0) is 55.8 Å². The van der Waals surface area contributed by atoms with Crippen LogP contribution in [0.25, 0.3) is 0 Å². The number of hydrogen-bond donors (Lipinski definition) is 2. The molecule has 4 aliphatic carbocycles. The molecule has 0 aromatic carbocycles. The largest absolute Gasteiger partial charge is 0.388 e. The Morgan fingerprint density at radius 3 is 2.67 bits per heavy atom. The number of ether oxygens (including phenoxy) is 1. The quantitative estimate of drug-likeness (QED) is 0.722. The second-order valence-electron chi connectivity index (χ2n) is 10.7. The number of fused-ring (bicyclic) bond motifs is 3. The van der Waals surface area contributed by atoms with Crippen LogP contribution in [0.5, 0.6) is 0 Å². The van der Waals surface area contributed by atoms with Crippen molar-refractivity contribution < 1.29 is 24.5 Å². The highest BCUT2D eigenvalue weighted by Gasteiger charge is 2.82. The van der Waals surface area contributed by atoms with E-state index in [0.717, 1.165) is 25.7 Å². The molecule has 0 amide bonds. The number of aliphatic hydroxyl groups excluding tert-OH is 1. The lowest BCUT2D eigenvalue weighted by Gasteiger charge is -2.58. The number of Topliss-reactive ketones (excluding diaryl/α,β-unsaturated/α-hetero) is 2. The summed E-state index contributed by atoms with van der Waals surface area (Å²) >= 11 is 0. The maximum Gasteiger partial charge on any atom is 0.190 e. The average Bonchev–Trinajstić information content (AvgIpc) is 3.31. The van der Waals surface area contributed by atoms with Crippen molar-refractivity contribution in [2.45, 2.75) is 83.0 Å². The summed E-state index contributed by atoms with van der Waals surface area (Å²) in [5, 5.41) is 21.1. The van der Waals surface area contributed by atoms with Crippen molar-refractivity contribution in [2.24, 2.45) is 34.5 Å². The minimum atomic E-state index is -1.47. The van der Waals surface area contributed by atoms with Crippen LogP contribution in [0.3, 0.4) is 0 Å². The first-order valence-electron chi connectivity index (χ1n) is 10.7. The Morgan fingerprint density at radius 2 is 1.96 bits per heavy atom. The zero-order valence-electron chi connectivity index (χ0n) is 16.7. The zero-order chi connectivity index (χ0) is 19.4. The number of hydrogen-bond acceptors (Lipinski definition) is 5. The van der Waals surface area contributed by atoms with Gasteiger partial charge in [-0.1, -0.05) is 20.8 Å². The highest BCUT2D eigenvalue weighted by Crippen LogP contribution is 2.77. The number of epoxide rings is 1. The van der Waals surface area contributed by atoms with Crippen molar-refractivity contribution in [3.63, 3.8) is 0 Å². The summed E-state index contributed by atoms with van der Waals surface area (Å²) in [5.74, 6) is 0.765. The molecular formula is C22H32O5. The normalized spacial score (nSPS) is 58.7. The van der Waals surface area contributed by atoms with Crippen LogP contribution in [0.4, 0.5) is 0 Å². The van der Waals surface area contributed by atoms with E-state index in [0.29, 0.717) is 36.9 Å². The number of aliphatic hydroxyl groups is 2. The third-order valence-corrected chi connectivity index (χ3v) is 10.00. The first-order valence-corrected chi connectivity index (χ1v) is 10.7. The zero-order valence-corrected chi connectivity index (χ0v) is 16.7. The van der Waals surface area contributed by atoms with E-state index < -0.39 is 23.4 Å². The van der Waals surface area contributed by atoms with Gasteiger partial charge < -0.3 is 14.9 Å². The molecule has 0 aromatic rings. The Balaban J connectivity index is 1.56. The summed E-state index contributed by atoms with van der Waals surface area (Å²) in [6.07, 6.45) is 5.85. The molecule has 5 heteroatoms. The van der Waals surface area contributed by atoms with Crippen LogP contribution in [-0.4, -0.2) is 45.7 Å². The SMILES string of the molecule is CC1CC2C3CCC4CC(=O)CCC4(C)C34OC4CC2(C)C1(O)C(=O)CO. The van der Waals surface area contributed by atoms with Crippen molar-refractivity contribution in [1.29, 1.82) is 0 Å². The van der Waals surface area contributed by atoms with Gasteiger partial charge in [-0.2, -0.15) is 0 Å². The van der Waals surface area contributed by atoms with Crippen LogP contribution in [0.2, 0.25) is 0 Å². The fraction of sp³-hybridized carbons (Fsp3) is 0.909. The van der Waals surface area contributed by atoms with E-state index in [9.17, 15) is 19.8 Å². The molecular weight excluding hydrogens is 344 g/mol. The monoisotopic (exact) mass is 376 g/mol. The van der Waals surface area contributed by atoms with E-state index in [-0.39, 0.29) is 29.0 Å². The second kappa shape index (κ2) is 5.22. The van der Waals surface area contributed by atoms with E-state index in [1.54, 1.807) is 0 Å². The van der Waals surface area contributed by atoms with Crippen LogP contribution in [-0.2, 0) is 14.3 Å². The van der Waals surface area contributed by atoms with Crippen molar-refractivity contribution in [3.05, 3.63) is 0 Å². The Bertz CT molecular complexity index is 719. The van der Waals surface area contributed by atoms with Crippen LogP contribution in [0, 0.1) is 34.5 Å². The highest BCUT2D eigenvalue weighted by molar-refractivity contribution is 5.90. The molecule has 150 valence electrons. The third kappa shape index (κ3) is 1.83. The molecule has 1 spiro atoms. The Hall–Kier alpha value is -0.780. The molecule has 5 rings (SSSR count). The van der Waals surface area contributed by atoms with Crippen molar-refractivity contribution >= 4 is 11.6 Å². The number of ketones is 2. The topological polar surface area (TPSA) is 87.1 Å². The van der Waals surface area contributed by atoms with E-state index in [2.05, 4.69) is 13.8 Å². The van der Waals surface area contributed by atoms with E-state index in [1.165, 1.54) is 0 Å². The first-order chi connectivity index (χ1) is 12.6. The minimum absolute atomic E-state index is 0.0285. The van der Waals surface area contributed by atoms with Gasteiger partial charge in [0.25, 0.3) is 0 Å². The van der Waals surface area contributed by atoms with Gasteiger partial charge in [0.05, 0.1) is 6.10 Å². The van der Waals surface area contributed by atoms with Crippen molar-refractivity contribution in [1.82, 2.24) is 0 Å². The lowest BCUT2D eigenvalue weighted by atomic mass is 9.44. The molecule has 5 nitrogen and oxygen atoms in total.